The molecule has 0 heterocycles. The SMILES string of the molecule is CC(C)(C)C1=CC=CCC1(O[Si](C)(C)C)SC1=[C]([Ti+2])CC=C1.[Cl-].[Cl-]. The van der Waals surface area contributed by atoms with E-state index in [1.54, 1.807) is 0 Å². The predicted octanol–water partition coefficient (Wildman–Crippen LogP) is -0.0739. The Labute approximate surface area is 177 Å². The Bertz CT molecular complexity index is 571. The quantitative estimate of drug-likeness (QED) is 0.449. The molecule has 2 aliphatic rings. The Hall–Kier alpha value is 0.781. The van der Waals surface area contributed by atoms with Crippen LogP contribution in [0.2, 0.25) is 19.6 Å². The Morgan fingerprint density at radius 3 is 2.25 bits per heavy atom. The summed E-state index contributed by atoms with van der Waals surface area (Å²) in [5.41, 5.74) is 1.52. The monoisotopic (exact) mass is 437 g/mol. The van der Waals surface area contributed by atoms with Crippen molar-refractivity contribution in [3.63, 3.8) is 0 Å². The third kappa shape index (κ3) is 6.19. The summed E-state index contributed by atoms with van der Waals surface area (Å²) in [6, 6.07) is 0. The molecule has 0 saturated carbocycles. The van der Waals surface area contributed by atoms with Crippen LogP contribution in [0.1, 0.15) is 33.6 Å². The summed E-state index contributed by atoms with van der Waals surface area (Å²) in [6.45, 7) is 13.8. The smallest absolute Gasteiger partial charge is 1.00 e. The standard InChI is InChI=1S/C18H27OSSi.2ClH.Ti/c1-17(2,3)16-13-9-10-14-18(16,19-21(4,5)6)20-15-11-7-8-12-15;;;/h7,9-11,13H,8,14H2,1-6H3;2*1H;/q;;;+2/p-2. The first-order chi connectivity index (χ1) is 10.0. The molecular formula is C18H27Cl2OSSiTi. The van der Waals surface area contributed by atoms with Crippen molar-refractivity contribution in [2.24, 2.45) is 5.41 Å². The number of thioether (sulfide) groups is 1. The molecule has 0 fully saturated rings. The van der Waals surface area contributed by atoms with Crippen molar-refractivity contribution >= 4 is 20.1 Å². The fraction of sp³-hybridized carbons (Fsp3) is 0.556. The van der Waals surface area contributed by atoms with E-state index in [9.17, 15) is 0 Å². The Morgan fingerprint density at radius 2 is 1.79 bits per heavy atom. The zero-order valence-electron chi connectivity index (χ0n) is 15.4. The molecule has 2 rings (SSSR count). The van der Waals surface area contributed by atoms with Crippen molar-refractivity contribution in [2.75, 3.05) is 0 Å². The van der Waals surface area contributed by atoms with Crippen molar-refractivity contribution in [1.82, 2.24) is 0 Å². The van der Waals surface area contributed by atoms with Crippen LogP contribution in [-0.2, 0) is 24.9 Å². The van der Waals surface area contributed by atoms with Gasteiger partial charge in [-0.3, -0.25) is 0 Å². The summed E-state index contributed by atoms with van der Waals surface area (Å²) in [4.78, 5) is 1.15. The minimum Gasteiger partial charge on any atom is -1.00 e. The molecule has 0 aliphatic heterocycles. The van der Waals surface area contributed by atoms with Crippen molar-refractivity contribution in [3.05, 3.63) is 44.7 Å². The van der Waals surface area contributed by atoms with Crippen LogP contribution in [0.5, 0.6) is 0 Å². The van der Waals surface area contributed by atoms with Crippen molar-refractivity contribution in [2.45, 2.75) is 58.2 Å². The van der Waals surface area contributed by atoms with Gasteiger partial charge in [0.2, 0.25) is 0 Å². The minimum absolute atomic E-state index is 0. The predicted molar refractivity (Wildman–Crippen MR) is 96.8 cm³/mol. The average Bonchev–Trinajstić information content (AvgIpc) is 2.71. The van der Waals surface area contributed by atoms with Gasteiger partial charge in [-0.2, -0.15) is 0 Å². The van der Waals surface area contributed by atoms with E-state index in [0.29, 0.717) is 0 Å². The number of rotatable bonds is 4. The van der Waals surface area contributed by atoms with E-state index in [1.165, 1.54) is 14.4 Å². The molecule has 6 heteroatoms. The molecule has 2 aliphatic carbocycles. The maximum atomic E-state index is 6.83. The van der Waals surface area contributed by atoms with Gasteiger partial charge in [-0.05, 0) is 0 Å². The van der Waals surface area contributed by atoms with Gasteiger partial charge < -0.3 is 24.8 Å². The molecule has 24 heavy (non-hydrogen) atoms. The second-order valence-corrected chi connectivity index (χ2v) is 14.7. The maximum Gasteiger partial charge on any atom is -1.00 e. The molecule has 133 valence electrons. The van der Waals surface area contributed by atoms with E-state index < -0.39 is 8.32 Å². The van der Waals surface area contributed by atoms with Crippen LogP contribution >= 0.6 is 11.8 Å². The number of allylic oxidation sites excluding steroid dienone is 5. The molecule has 1 unspecified atom stereocenters. The van der Waals surface area contributed by atoms with Crippen LogP contribution < -0.4 is 24.8 Å². The minimum atomic E-state index is -1.67. The van der Waals surface area contributed by atoms with Gasteiger partial charge in [-0.1, -0.05) is 0 Å². The van der Waals surface area contributed by atoms with Crippen LogP contribution in [0.15, 0.2) is 44.7 Å². The van der Waals surface area contributed by atoms with E-state index >= 15 is 0 Å². The summed E-state index contributed by atoms with van der Waals surface area (Å²) in [5.74, 6) is 0. The second-order valence-electron chi connectivity index (χ2n) is 7.98. The zero-order chi connectivity index (χ0) is 16.6. The van der Waals surface area contributed by atoms with Crippen molar-refractivity contribution in [1.29, 1.82) is 0 Å². The van der Waals surface area contributed by atoms with Crippen LogP contribution in [0.4, 0.5) is 0 Å². The maximum absolute atomic E-state index is 6.83. The van der Waals surface area contributed by atoms with Gasteiger partial charge in [0.1, 0.15) is 0 Å². The number of hydrogen-bond acceptors (Lipinski definition) is 2. The van der Waals surface area contributed by atoms with E-state index in [0.717, 1.165) is 12.8 Å². The van der Waals surface area contributed by atoms with Gasteiger partial charge in [-0.15, -0.1) is 0 Å². The molecule has 1 atom stereocenters. The molecule has 0 aromatic heterocycles. The second kappa shape index (κ2) is 9.12. The molecular weight excluding hydrogens is 411 g/mol. The number of hydrogen-bond donors (Lipinski definition) is 0. The first-order valence-electron chi connectivity index (χ1n) is 7.92. The fourth-order valence-electron chi connectivity index (χ4n) is 2.91. The molecule has 0 saturated heterocycles. The molecule has 0 N–H and O–H groups in total. The van der Waals surface area contributed by atoms with Gasteiger partial charge in [0.15, 0.2) is 0 Å². The fourth-order valence-corrected chi connectivity index (χ4v) is 6.95. The van der Waals surface area contributed by atoms with Crippen LogP contribution in [0.25, 0.3) is 0 Å². The van der Waals surface area contributed by atoms with Gasteiger partial charge >= 0.3 is 153 Å². The van der Waals surface area contributed by atoms with Crippen LogP contribution in [0, 0.1) is 5.41 Å². The van der Waals surface area contributed by atoms with E-state index in [-0.39, 0.29) is 35.2 Å². The molecule has 0 spiro atoms. The van der Waals surface area contributed by atoms with E-state index in [1.807, 2.05) is 11.8 Å². The van der Waals surface area contributed by atoms with Gasteiger partial charge in [0.05, 0.1) is 0 Å². The summed E-state index contributed by atoms with van der Waals surface area (Å²) >= 11 is 4.17. The van der Waals surface area contributed by atoms with Crippen LogP contribution in [0.3, 0.4) is 0 Å². The summed E-state index contributed by atoms with van der Waals surface area (Å²) in [7, 11) is -1.67. The molecule has 0 aromatic rings. The third-order valence-electron chi connectivity index (χ3n) is 3.64. The Morgan fingerprint density at radius 1 is 1.17 bits per heavy atom. The molecule has 1 nitrogen and oxygen atoms in total. The van der Waals surface area contributed by atoms with Gasteiger partial charge in [0.25, 0.3) is 0 Å². The van der Waals surface area contributed by atoms with Crippen molar-refractivity contribution < 1.29 is 49.7 Å². The molecule has 0 radical (unpaired) electrons. The summed E-state index contributed by atoms with van der Waals surface area (Å²) in [6.07, 6.45) is 13.3. The first kappa shape index (κ1) is 24.8. The Balaban J connectivity index is 0.00000264. The molecule has 0 bridgehead atoms. The van der Waals surface area contributed by atoms with Gasteiger partial charge in [-0.25, -0.2) is 0 Å². The Kier molecular flexibility index (Phi) is 9.42. The van der Waals surface area contributed by atoms with Gasteiger partial charge in [0, 0.05) is 0 Å². The average molecular weight is 438 g/mol. The summed E-state index contributed by atoms with van der Waals surface area (Å²) in [5, 5.41) is 0. The van der Waals surface area contributed by atoms with E-state index in [4.69, 9.17) is 4.43 Å². The van der Waals surface area contributed by atoms with Crippen LogP contribution in [-0.4, -0.2) is 13.3 Å². The normalized spacial score (nSPS) is 23.8. The summed E-state index contributed by atoms with van der Waals surface area (Å²) < 4.78 is 8.29. The molecule has 0 aromatic carbocycles. The van der Waals surface area contributed by atoms with E-state index in [2.05, 4.69) is 91.2 Å². The topological polar surface area (TPSA) is 9.23 Å². The third-order valence-corrected chi connectivity index (χ3v) is 7.17. The largest absolute Gasteiger partial charge is 1.00 e. The molecule has 0 amide bonds. The zero-order valence-corrected chi connectivity index (χ0v) is 20.3. The van der Waals surface area contributed by atoms with Crippen molar-refractivity contribution in [3.8, 4) is 0 Å². The first-order valence-corrected chi connectivity index (χ1v) is 12.9. The number of halogens is 2.